The Labute approximate surface area is 130 Å². The van der Waals surface area contributed by atoms with E-state index < -0.39 is 5.54 Å². The summed E-state index contributed by atoms with van der Waals surface area (Å²) in [4.78, 5) is 14.9. The minimum absolute atomic E-state index is 0.108. The molecule has 1 fully saturated rings. The van der Waals surface area contributed by atoms with Gasteiger partial charge in [-0.15, -0.1) is 0 Å². The third-order valence-electron chi connectivity index (χ3n) is 5.23. The molecule has 1 aliphatic carbocycles. The molecule has 0 spiro atoms. The summed E-state index contributed by atoms with van der Waals surface area (Å²) in [7, 11) is 3.69. The molecule has 0 aliphatic heterocycles. The molecular formula is C17H34N2O2. The van der Waals surface area contributed by atoms with Crippen molar-refractivity contribution >= 4 is 5.97 Å². The lowest BCUT2D eigenvalue weighted by atomic mass is 9.76. The smallest absolute Gasteiger partial charge is 0.326 e. The molecule has 2 atom stereocenters. The molecule has 21 heavy (non-hydrogen) atoms. The number of nitrogens with zero attached hydrogens (tertiary/aromatic N) is 1. The van der Waals surface area contributed by atoms with Gasteiger partial charge in [-0.2, -0.15) is 0 Å². The van der Waals surface area contributed by atoms with E-state index in [0.717, 1.165) is 32.1 Å². The van der Waals surface area contributed by atoms with E-state index >= 15 is 0 Å². The SMILES string of the molecule is CCC(C)(C)N(C)C1CCCC(NC(C)C)(C(=O)OC)C1. The quantitative estimate of drug-likeness (QED) is 0.766. The molecule has 0 heterocycles. The zero-order valence-electron chi connectivity index (χ0n) is 15.0. The summed E-state index contributed by atoms with van der Waals surface area (Å²) in [5, 5.41) is 3.50. The Bertz CT molecular complexity index is 355. The average molecular weight is 298 g/mol. The topological polar surface area (TPSA) is 41.6 Å². The zero-order valence-corrected chi connectivity index (χ0v) is 15.0. The lowest BCUT2D eigenvalue weighted by Gasteiger charge is -2.48. The summed E-state index contributed by atoms with van der Waals surface area (Å²) >= 11 is 0. The number of methoxy groups -OCH3 is 1. The van der Waals surface area contributed by atoms with Crippen LogP contribution in [0.5, 0.6) is 0 Å². The maximum absolute atomic E-state index is 12.4. The normalized spacial score (nSPS) is 27.2. The monoisotopic (exact) mass is 298 g/mol. The van der Waals surface area contributed by atoms with Gasteiger partial charge in [0, 0.05) is 17.6 Å². The third-order valence-corrected chi connectivity index (χ3v) is 5.23. The van der Waals surface area contributed by atoms with Crippen molar-refractivity contribution in [2.24, 2.45) is 0 Å². The Hall–Kier alpha value is -0.610. The molecule has 0 radical (unpaired) electrons. The molecule has 0 aromatic heterocycles. The number of hydrogen-bond donors (Lipinski definition) is 1. The second-order valence-corrected chi connectivity index (χ2v) is 7.40. The fraction of sp³-hybridized carbons (Fsp3) is 0.941. The largest absolute Gasteiger partial charge is 0.468 e. The van der Waals surface area contributed by atoms with E-state index in [2.05, 4.69) is 51.9 Å². The molecule has 4 nitrogen and oxygen atoms in total. The van der Waals surface area contributed by atoms with Crippen LogP contribution in [0.4, 0.5) is 0 Å². The van der Waals surface area contributed by atoms with Crippen molar-refractivity contribution in [3.63, 3.8) is 0 Å². The summed E-state index contributed by atoms with van der Waals surface area (Å²) < 4.78 is 5.11. The van der Waals surface area contributed by atoms with E-state index in [9.17, 15) is 4.79 Å². The fourth-order valence-corrected chi connectivity index (χ4v) is 3.44. The Morgan fingerprint density at radius 2 is 2.10 bits per heavy atom. The van der Waals surface area contributed by atoms with Gasteiger partial charge >= 0.3 is 5.97 Å². The highest BCUT2D eigenvalue weighted by atomic mass is 16.5. The Kier molecular flexibility index (Phi) is 6.23. The lowest BCUT2D eigenvalue weighted by molar-refractivity contribution is -0.152. The molecule has 1 aliphatic rings. The first-order valence-corrected chi connectivity index (χ1v) is 8.27. The van der Waals surface area contributed by atoms with Gasteiger partial charge in [-0.25, -0.2) is 0 Å². The minimum atomic E-state index is -0.524. The maximum Gasteiger partial charge on any atom is 0.326 e. The molecule has 2 unspecified atom stereocenters. The van der Waals surface area contributed by atoms with Gasteiger partial charge in [0.15, 0.2) is 0 Å². The molecule has 1 saturated carbocycles. The minimum Gasteiger partial charge on any atom is -0.468 e. The van der Waals surface area contributed by atoms with E-state index in [1.165, 1.54) is 7.11 Å². The number of carbonyl (C=O) groups is 1. The van der Waals surface area contributed by atoms with Crippen LogP contribution >= 0.6 is 0 Å². The van der Waals surface area contributed by atoms with Crippen LogP contribution in [-0.4, -0.2) is 48.2 Å². The van der Waals surface area contributed by atoms with Crippen molar-refractivity contribution < 1.29 is 9.53 Å². The Morgan fingerprint density at radius 1 is 1.48 bits per heavy atom. The van der Waals surface area contributed by atoms with E-state index in [4.69, 9.17) is 4.74 Å². The first-order valence-electron chi connectivity index (χ1n) is 8.27. The first kappa shape index (κ1) is 18.4. The first-order chi connectivity index (χ1) is 9.68. The molecule has 0 amide bonds. The number of ether oxygens (including phenoxy) is 1. The predicted molar refractivity (Wildman–Crippen MR) is 87.4 cm³/mol. The van der Waals surface area contributed by atoms with Gasteiger partial charge in [0.25, 0.3) is 0 Å². The Balaban J connectivity index is 2.95. The third kappa shape index (κ3) is 4.19. The maximum atomic E-state index is 12.4. The van der Waals surface area contributed by atoms with Crippen molar-refractivity contribution in [2.45, 2.75) is 89.9 Å². The van der Waals surface area contributed by atoms with Gasteiger partial charge < -0.3 is 4.74 Å². The molecule has 124 valence electrons. The van der Waals surface area contributed by atoms with Crippen molar-refractivity contribution in [1.29, 1.82) is 0 Å². The highest BCUT2D eigenvalue weighted by Gasteiger charge is 2.46. The van der Waals surface area contributed by atoms with Crippen LogP contribution in [0.3, 0.4) is 0 Å². The average Bonchev–Trinajstić information content (AvgIpc) is 2.44. The van der Waals surface area contributed by atoms with Crippen LogP contribution in [-0.2, 0) is 9.53 Å². The summed E-state index contributed by atoms with van der Waals surface area (Å²) in [6.45, 7) is 11.0. The number of rotatable bonds is 6. The lowest BCUT2D eigenvalue weighted by Crippen LogP contribution is -2.61. The summed E-state index contributed by atoms with van der Waals surface area (Å²) in [5.74, 6) is -0.108. The van der Waals surface area contributed by atoms with Gasteiger partial charge in [0.1, 0.15) is 5.54 Å². The van der Waals surface area contributed by atoms with Crippen LogP contribution in [0.1, 0.15) is 66.7 Å². The van der Waals surface area contributed by atoms with Crippen molar-refractivity contribution in [3.8, 4) is 0 Å². The van der Waals surface area contributed by atoms with Crippen molar-refractivity contribution in [1.82, 2.24) is 10.2 Å². The zero-order chi connectivity index (χ0) is 16.3. The summed E-state index contributed by atoms with van der Waals surface area (Å²) in [6, 6.07) is 0.686. The van der Waals surface area contributed by atoms with Gasteiger partial charge in [-0.1, -0.05) is 6.92 Å². The summed E-state index contributed by atoms with van der Waals surface area (Å²) in [6.07, 6.45) is 5.01. The molecule has 1 N–H and O–H groups in total. The van der Waals surface area contributed by atoms with E-state index in [1.54, 1.807) is 0 Å². The standard InChI is InChI=1S/C17H34N2O2/c1-8-16(4,5)19(6)14-10-9-11-17(12-14,15(20)21-7)18-13(2)3/h13-14,18H,8-12H2,1-7H3. The molecule has 0 aromatic rings. The van der Waals surface area contributed by atoms with E-state index in [0.29, 0.717) is 6.04 Å². The number of hydrogen-bond acceptors (Lipinski definition) is 4. The number of nitrogens with one attached hydrogen (secondary N) is 1. The van der Waals surface area contributed by atoms with Crippen LogP contribution in [0.15, 0.2) is 0 Å². The summed E-state index contributed by atoms with van der Waals surface area (Å²) in [5.41, 5.74) is -0.369. The second kappa shape index (κ2) is 7.10. The predicted octanol–water partition coefficient (Wildman–Crippen LogP) is 2.96. The number of esters is 1. The molecule has 0 aromatic carbocycles. The molecule has 0 bridgehead atoms. The van der Waals surface area contributed by atoms with Crippen molar-refractivity contribution in [2.75, 3.05) is 14.2 Å². The van der Waals surface area contributed by atoms with Gasteiger partial charge in [0.2, 0.25) is 0 Å². The second-order valence-electron chi connectivity index (χ2n) is 7.40. The van der Waals surface area contributed by atoms with E-state index in [1.807, 2.05) is 0 Å². The molecule has 1 rings (SSSR count). The van der Waals surface area contributed by atoms with Crippen LogP contribution in [0.2, 0.25) is 0 Å². The molecule has 0 saturated heterocycles. The van der Waals surface area contributed by atoms with Gasteiger partial charge in [0.05, 0.1) is 7.11 Å². The molecular weight excluding hydrogens is 264 g/mol. The Morgan fingerprint density at radius 3 is 2.57 bits per heavy atom. The number of carbonyl (C=O) groups excluding carboxylic acids is 1. The fourth-order valence-electron chi connectivity index (χ4n) is 3.44. The van der Waals surface area contributed by atoms with E-state index in [-0.39, 0.29) is 17.6 Å². The van der Waals surface area contributed by atoms with Gasteiger partial charge in [-0.3, -0.25) is 15.0 Å². The molecule has 4 heteroatoms. The highest BCUT2D eigenvalue weighted by Crippen LogP contribution is 2.35. The van der Waals surface area contributed by atoms with Crippen LogP contribution in [0, 0.1) is 0 Å². The van der Waals surface area contributed by atoms with Crippen LogP contribution in [0.25, 0.3) is 0 Å². The van der Waals surface area contributed by atoms with Gasteiger partial charge in [-0.05, 0) is 66.8 Å². The van der Waals surface area contributed by atoms with Crippen LogP contribution < -0.4 is 5.32 Å². The highest BCUT2D eigenvalue weighted by molar-refractivity contribution is 5.81. The van der Waals surface area contributed by atoms with Crippen molar-refractivity contribution in [3.05, 3.63) is 0 Å².